The standard InChI is InChI=1S/C12H10O6S2/c13-11-5-1-9(2-6-11)10-3-7-12(8-4-10)18-20(16,17)19(14)15/h1-8,13H,(H,14,15). The Morgan fingerprint density at radius 3 is 1.80 bits per heavy atom. The molecule has 106 valence electrons. The molecule has 2 aromatic carbocycles. The first-order valence-corrected chi connectivity index (χ1v) is 8.37. The van der Waals surface area contributed by atoms with Crippen molar-refractivity contribution in [1.29, 1.82) is 0 Å². The normalized spacial score (nSPS) is 12.8. The average Bonchev–Trinajstić information content (AvgIpc) is 2.40. The zero-order chi connectivity index (χ0) is 14.8. The highest BCUT2D eigenvalue weighted by molar-refractivity contribution is 8.60. The van der Waals surface area contributed by atoms with Gasteiger partial charge in [-0.1, -0.05) is 24.3 Å². The van der Waals surface area contributed by atoms with Crippen molar-refractivity contribution in [3.05, 3.63) is 48.5 Å². The predicted molar refractivity (Wildman–Crippen MR) is 73.9 cm³/mol. The van der Waals surface area contributed by atoms with Gasteiger partial charge in [0.2, 0.25) is 0 Å². The summed E-state index contributed by atoms with van der Waals surface area (Å²) in [4.78, 5) is 0. The average molecular weight is 314 g/mol. The molecule has 0 aromatic heterocycles. The smallest absolute Gasteiger partial charge is 0.419 e. The fourth-order valence-electron chi connectivity index (χ4n) is 1.50. The van der Waals surface area contributed by atoms with Gasteiger partial charge in [-0.25, -0.2) is 4.21 Å². The quantitative estimate of drug-likeness (QED) is 0.660. The van der Waals surface area contributed by atoms with Gasteiger partial charge in [0.25, 0.3) is 0 Å². The van der Waals surface area contributed by atoms with Crippen molar-refractivity contribution in [2.24, 2.45) is 0 Å². The summed E-state index contributed by atoms with van der Waals surface area (Å²) in [6.07, 6.45) is 0. The highest BCUT2D eigenvalue weighted by Crippen LogP contribution is 2.24. The Morgan fingerprint density at radius 1 is 0.900 bits per heavy atom. The summed E-state index contributed by atoms with van der Waals surface area (Å²) in [6, 6.07) is 12.4. The molecule has 2 rings (SSSR count). The van der Waals surface area contributed by atoms with E-state index < -0.39 is 19.3 Å². The monoisotopic (exact) mass is 314 g/mol. The maximum Gasteiger partial charge on any atom is 0.419 e. The largest absolute Gasteiger partial charge is 0.508 e. The van der Waals surface area contributed by atoms with Crippen molar-refractivity contribution in [3.8, 4) is 22.6 Å². The fraction of sp³-hybridized carbons (Fsp3) is 0. The van der Waals surface area contributed by atoms with Crippen molar-refractivity contribution in [2.45, 2.75) is 0 Å². The lowest BCUT2D eigenvalue weighted by molar-refractivity contribution is 0.475. The van der Waals surface area contributed by atoms with Crippen LogP contribution < -0.4 is 4.18 Å². The Morgan fingerprint density at radius 2 is 1.35 bits per heavy atom. The van der Waals surface area contributed by atoms with Gasteiger partial charge in [-0.2, -0.15) is 8.42 Å². The minimum absolute atomic E-state index is 0.0603. The van der Waals surface area contributed by atoms with Crippen LogP contribution in [-0.4, -0.2) is 22.3 Å². The van der Waals surface area contributed by atoms with Gasteiger partial charge in [0.15, 0.2) is 0 Å². The Balaban J connectivity index is 2.23. The Bertz CT molecular complexity index is 720. The van der Waals surface area contributed by atoms with E-state index in [2.05, 4.69) is 4.18 Å². The van der Waals surface area contributed by atoms with Crippen molar-refractivity contribution in [1.82, 2.24) is 0 Å². The van der Waals surface area contributed by atoms with Crippen LogP contribution in [0, 0.1) is 0 Å². The van der Waals surface area contributed by atoms with Crippen molar-refractivity contribution < 1.29 is 26.5 Å². The third-order valence-electron chi connectivity index (χ3n) is 2.43. The molecule has 0 aliphatic rings. The van der Waals surface area contributed by atoms with Crippen LogP contribution in [0.2, 0.25) is 0 Å². The Labute approximate surface area is 117 Å². The summed E-state index contributed by atoms with van der Waals surface area (Å²) in [5.41, 5.74) is 1.60. The zero-order valence-electron chi connectivity index (χ0n) is 9.96. The number of rotatable bonds is 4. The Kier molecular flexibility index (Phi) is 4.07. The lowest BCUT2D eigenvalue weighted by atomic mass is 10.1. The van der Waals surface area contributed by atoms with Crippen LogP contribution in [-0.2, 0) is 19.3 Å². The highest BCUT2D eigenvalue weighted by atomic mass is 33.2. The van der Waals surface area contributed by atoms with Gasteiger partial charge in [-0.15, -0.1) is 0 Å². The van der Waals surface area contributed by atoms with Crippen LogP contribution in [0.25, 0.3) is 11.1 Å². The number of hydrogen-bond donors (Lipinski definition) is 2. The third-order valence-corrected chi connectivity index (χ3v) is 4.43. The second-order valence-corrected chi connectivity index (χ2v) is 7.28. The first-order valence-electron chi connectivity index (χ1n) is 5.34. The summed E-state index contributed by atoms with van der Waals surface area (Å²) in [5, 5.41) is 9.19. The van der Waals surface area contributed by atoms with E-state index in [-0.39, 0.29) is 11.5 Å². The SMILES string of the molecule is O=S(O)S(=O)(=O)Oc1ccc(-c2ccc(O)cc2)cc1. The van der Waals surface area contributed by atoms with Crippen molar-refractivity contribution >= 4 is 19.3 Å². The third kappa shape index (κ3) is 3.35. The lowest BCUT2D eigenvalue weighted by Crippen LogP contribution is -2.14. The molecule has 1 atom stereocenters. The molecule has 0 aliphatic heterocycles. The fourth-order valence-corrected chi connectivity index (χ4v) is 2.32. The number of hydrogen-bond acceptors (Lipinski definition) is 5. The molecule has 0 spiro atoms. The zero-order valence-corrected chi connectivity index (χ0v) is 11.6. The number of phenolic OH excluding ortho intramolecular Hbond substituents is 1. The number of benzene rings is 2. The van der Waals surface area contributed by atoms with Crippen LogP contribution >= 0.6 is 0 Å². The summed E-state index contributed by atoms with van der Waals surface area (Å²) in [5.74, 6) is 0.0835. The van der Waals surface area contributed by atoms with Crippen LogP contribution in [0.1, 0.15) is 0 Å². The minimum Gasteiger partial charge on any atom is -0.508 e. The molecule has 0 heterocycles. The lowest BCUT2D eigenvalue weighted by Gasteiger charge is -2.05. The van der Waals surface area contributed by atoms with Gasteiger partial charge in [0.1, 0.15) is 11.5 Å². The molecule has 6 nitrogen and oxygen atoms in total. The summed E-state index contributed by atoms with van der Waals surface area (Å²) in [7, 11) is -7.64. The molecule has 0 amide bonds. The molecule has 20 heavy (non-hydrogen) atoms. The number of aromatic hydroxyl groups is 1. The van der Waals surface area contributed by atoms with E-state index in [1.165, 1.54) is 24.3 Å². The number of phenols is 1. The van der Waals surface area contributed by atoms with E-state index in [1.54, 1.807) is 24.3 Å². The highest BCUT2D eigenvalue weighted by Gasteiger charge is 2.20. The van der Waals surface area contributed by atoms with Gasteiger partial charge in [-0.05, 0) is 35.4 Å². The maximum atomic E-state index is 11.1. The molecule has 0 radical (unpaired) electrons. The van der Waals surface area contributed by atoms with E-state index in [1.807, 2.05) is 0 Å². The first-order chi connectivity index (χ1) is 9.38. The van der Waals surface area contributed by atoms with Gasteiger partial charge in [0.05, 0.1) is 0 Å². The van der Waals surface area contributed by atoms with Crippen LogP contribution in [0.4, 0.5) is 0 Å². The van der Waals surface area contributed by atoms with E-state index >= 15 is 0 Å². The van der Waals surface area contributed by atoms with Gasteiger partial charge in [-0.3, -0.25) is 4.55 Å². The topological polar surface area (TPSA) is 101 Å². The summed E-state index contributed by atoms with van der Waals surface area (Å²) in [6.45, 7) is 0. The molecule has 0 saturated heterocycles. The van der Waals surface area contributed by atoms with E-state index in [0.29, 0.717) is 0 Å². The molecule has 1 unspecified atom stereocenters. The van der Waals surface area contributed by atoms with E-state index in [0.717, 1.165) is 11.1 Å². The minimum atomic E-state index is -4.54. The molecule has 0 bridgehead atoms. The van der Waals surface area contributed by atoms with Crippen LogP contribution in [0.3, 0.4) is 0 Å². The van der Waals surface area contributed by atoms with Gasteiger partial charge in [0, 0.05) is 0 Å². The van der Waals surface area contributed by atoms with Crippen molar-refractivity contribution in [2.75, 3.05) is 0 Å². The molecular formula is C12H10O6S2. The Hall–Kier alpha value is -1.90. The van der Waals surface area contributed by atoms with Crippen LogP contribution in [0.15, 0.2) is 48.5 Å². The van der Waals surface area contributed by atoms with Crippen molar-refractivity contribution in [3.63, 3.8) is 0 Å². The first kappa shape index (κ1) is 14.5. The second-order valence-electron chi connectivity index (χ2n) is 3.78. The molecule has 2 N–H and O–H groups in total. The summed E-state index contributed by atoms with van der Waals surface area (Å²) < 4.78 is 45.7. The second kappa shape index (κ2) is 5.61. The molecule has 0 fully saturated rings. The molecule has 2 aromatic rings. The summed E-state index contributed by atoms with van der Waals surface area (Å²) >= 11 is 0. The molecule has 0 aliphatic carbocycles. The van der Waals surface area contributed by atoms with E-state index in [9.17, 15) is 17.7 Å². The van der Waals surface area contributed by atoms with Gasteiger partial charge >= 0.3 is 19.3 Å². The predicted octanol–water partition coefficient (Wildman–Crippen LogP) is 1.90. The van der Waals surface area contributed by atoms with Crippen LogP contribution in [0.5, 0.6) is 11.5 Å². The van der Waals surface area contributed by atoms with E-state index in [4.69, 9.17) is 4.55 Å². The molecule has 8 heteroatoms. The maximum absolute atomic E-state index is 11.1. The molecular weight excluding hydrogens is 304 g/mol. The molecule has 0 saturated carbocycles. The van der Waals surface area contributed by atoms with Gasteiger partial charge < -0.3 is 9.29 Å².